The van der Waals surface area contributed by atoms with Crippen LogP contribution in [0.15, 0.2) is 142 Å². The van der Waals surface area contributed by atoms with Crippen molar-refractivity contribution in [2.45, 2.75) is 14.7 Å². The first-order chi connectivity index (χ1) is 28.6. The Labute approximate surface area is 341 Å². The maximum atomic E-state index is 13.7. The number of azo groups is 1. The summed E-state index contributed by atoms with van der Waals surface area (Å²) in [6.45, 7) is 0. The van der Waals surface area contributed by atoms with E-state index in [2.05, 4.69) is 36.6 Å². The summed E-state index contributed by atoms with van der Waals surface area (Å²) < 4.78 is 106. The monoisotopic (exact) mass is 894 g/mol. The summed E-state index contributed by atoms with van der Waals surface area (Å²) in [6, 6.07) is 18.4. The van der Waals surface area contributed by atoms with E-state index in [9.17, 15) is 63.7 Å². The molecule has 0 heterocycles. The summed E-state index contributed by atoms with van der Waals surface area (Å²) >= 11 is 0. The maximum Gasteiger partial charge on any atom is 0.296 e. The number of benzene rings is 6. The number of anilines is 4. The molecule has 0 saturated heterocycles. The molecule has 0 unspecified atom stereocenters. The number of nitro benzene ring substituents is 1. The molecule has 26 heteroatoms. The molecule has 0 aliphatic rings. The summed E-state index contributed by atoms with van der Waals surface area (Å²) in [7, 11) is -13.4. The maximum absolute atomic E-state index is 13.7. The Balaban J connectivity index is 1.43. The molecule has 23 nitrogen and oxygen atoms in total. The summed E-state index contributed by atoms with van der Waals surface area (Å²) in [6.07, 6.45) is 0. The molecule has 0 fully saturated rings. The molecule has 6 aromatic carbocycles. The lowest BCUT2D eigenvalue weighted by Gasteiger charge is -2.11. The highest BCUT2D eigenvalue weighted by Crippen LogP contribution is 2.38. The van der Waals surface area contributed by atoms with E-state index in [-0.39, 0.29) is 27.8 Å². The highest BCUT2D eigenvalue weighted by molar-refractivity contribution is 7.86. The second kappa shape index (κ2) is 16.6. The zero-order valence-corrected chi connectivity index (χ0v) is 32.9. The molecule has 6 rings (SSSR count). The lowest BCUT2D eigenvalue weighted by molar-refractivity contribution is -0.385. The molecule has 0 radical (unpaired) electrons. The third-order valence-corrected chi connectivity index (χ3v) is 10.9. The number of non-ortho nitro benzene ring substituents is 1. The van der Waals surface area contributed by atoms with Crippen LogP contribution in [0.4, 0.5) is 39.8 Å². The number of hydrogen-bond donors (Lipinski definition) is 7. The number of fused-ring (bicyclic) bond motifs is 1. The zero-order chi connectivity index (χ0) is 44.4. The minimum atomic E-state index is -5.00. The molecule has 0 spiro atoms. The number of ether oxygens (including phenoxy) is 1. The van der Waals surface area contributed by atoms with Crippen molar-refractivity contribution >= 4 is 80.9 Å². The Hall–Kier alpha value is -7.49. The standard InChI is InChI=1S/C35H26N8O15S3/c1-58-23-9-6-21(7-10-23)38-42-33-34(45)28(40-37-20-4-2-19(3-5-20)36-26-11-8-22(43(47)48)14-31(26)61(55,56)57)17-29(35(33)46)41-39-27-15-24(59(49,50)51)12-18-13-25(60(52,53)54)16-30(44)32(18)27/h2-17,36-38,44H,1H3,(H,49,50,51)(H,52,53,54)(H,55,56,57)/b40-28-,41-39?,42-33+. The molecule has 7 N–H and O–H groups in total. The Kier molecular flexibility index (Phi) is 11.8. The lowest BCUT2D eigenvalue weighted by Crippen LogP contribution is -2.48. The number of nitrogens with zero attached hydrogens (tertiary/aromatic N) is 5. The van der Waals surface area contributed by atoms with E-state index in [0.717, 1.165) is 36.4 Å². The van der Waals surface area contributed by atoms with E-state index >= 15 is 0 Å². The fraction of sp³-hybridized carbons (Fsp3) is 0.0286. The van der Waals surface area contributed by atoms with Crippen LogP contribution < -0.4 is 42.5 Å². The van der Waals surface area contributed by atoms with Gasteiger partial charge in [0, 0.05) is 30.0 Å². The quantitative estimate of drug-likeness (QED) is 0.0375. The van der Waals surface area contributed by atoms with Crippen LogP contribution in [0, 0.1) is 10.1 Å². The molecular formula is C35H26N8O15S3. The van der Waals surface area contributed by atoms with Crippen molar-refractivity contribution < 1.29 is 53.7 Å². The highest BCUT2D eigenvalue weighted by atomic mass is 32.2. The van der Waals surface area contributed by atoms with Gasteiger partial charge in [-0.2, -0.15) is 35.5 Å². The second-order valence-corrected chi connectivity index (χ2v) is 16.6. The molecule has 0 aliphatic carbocycles. The minimum Gasteiger partial charge on any atom is -0.507 e. The van der Waals surface area contributed by atoms with Gasteiger partial charge in [-0.3, -0.25) is 44.2 Å². The Bertz CT molecular complexity index is 3370. The average molecular weight is 895 g/mol. The SMILES string of the molecule is COc1ccc(N/N=c2/c(=O)c(N=Nc3cc(S(=O)(=O)O)cc4cc(S(=O)(=O)O)cc(O)c34)c/c(=N/Nc3ccc(Nc4ccc([N+](=O)[O-])cc4S(=O)(=O)O)cc3)c2=O)cc1. The van der Waals surface area contributed by atoms with Crippen molar-refractivity contribution in [2.75, 3.05) is 23.3 Å². The topological polar surface area (TPSA) is 355 Å². The summed E-state index contributed by atoms with van der Waals surface area (Å²) in [5.74, 6) is -0.344. The fourth-order valence-electron chi connectivity index (χ4n) is 5.40. The van der Waals surface area contributed by atoms with Gasteiger partial charge in [-0.25, -0.2) is 0 Å². The van der Waals surface area contributed by atoms with Gasteiger partial charge in [0.2, 0.25) is 10.9 Å². The van der Waals surface area contributed by atoms with Crippen molar-refractivity contribution in [3.8, 4) is 11.5 Å². The van der Waals surface area contributed by atoms with Gasteiger partial charge in [-0.05, 0) is 78.2 Å². The Morgan fingerprint density at radius 1 is 0.656 bits per heavy atom. The van der Waals surface area contributed by atoms with Gasteiger partial charge in [0.15, 0.2) is 5.36 Å². The number of phenolic OH excluding ortho intramolecular Hbond substituents is 1. The zero-order valence-electron chi connectivity index (χ0n) is 30.5. The predicted molar refractivity (Wildman–Crippen MR) is 215 cm³/mol. The van der Waals surface area contributed by atoms with Crippen LogP contribution in [-0.4, -0.2) is 56.1 Å². The number of rotatable bonds is 13. The normalized spacial score (nSPS) is 12.8. The molecule has 61 heavy (non-hydrogen) atoms. The van der Waals surface area contributed by atoms with Crippen molar-refractivity contribution in [1.82, 2.24) is 0 Å². The summed E-state index contributed by atoms with van der Waals surface area (Å²) in [4.78, 5) is 35.1. The van der Waals surface area contributed by atoms with Gasteiger partial charge < -0.3 is 15.2 Å². The smallest absolute Gasteiger partial charge is 0.296 e. The largest absolute Gasteiger partial charge is 0.507 e. The molecule has 0 aliphatic heterocycles. The van der Waals surface area contributed by atoms with Crippen molar-refractivity contribution in [3.05, 3.63) is 138 Å². The van der Waals surface area contributed by atoms with Gasteiger partial charge in [0.05, 0.1) is 50.0 Å². The third kappa shape index (κ3) is 9.87. The van der Waals surface area contributed by atoms with E-state index in [4.69, 9.17) is 4.74 Å². The summed E-state index contributed by atoms with van der Waals surface area (Å²) in [5.41, 5.74) is 1.85. The number of nitrogens with one attached hydrogen (secondary N) is 3. The Morgan fingerprint density at radius 3 is 1.79 bits per heavy atom. The van der Waals surface area contributed by atoms with Crippen LogP contribution in [0.2, 0.25) is 0 Å². The fourth-order valence-corrected chi connectivity index (χ4v) is 7.14. The molecule has 0 aromatic heterocycles. The molecule has 314 valence electrons. The minimum absolute atomic E-state index is 0.191. The number of methoxy groups -OCH3 is 1. The van der Waals surface area contributed by atoms with Gasteiger partial charge in [-0.15, -0.1) is 10.2 Å². The van der Waals surface area contributed by atoms with Gasteiger partial charge in [0.1, 0.15) is 27.4 Å². The number of phenols is 1. The van der Waals surface area contributed by atoms with Crippen LogP contribution in [-0.2, 0) is 30.4 Å². The van der Waals surface area contributed by atoms with E-state index < -0.39 is 94.3 Å². The van der Waals surface area contributed by atoms with Crippen LogP contribution in [0.25, 0.3) is 10.8 Å². The van der Waals surface area contributed by atoms with E-state index in [1.807, 2.05) is 0 Å². The number of nitro groups is 1. The highest BCUT2D eigenvalue weighted by Gasteiger charge is 2.22. The van der Waals surface area contributed by atoms with Crippen molar-refractivity contribution in [1.29, 1.82) is 0 Å². The first kappa shape index (κ1) is 43.1. The average Bonchev–Trinajstić information content (AvgIpc) is 3.19. The Morgan fingerprint density at radius 2 is 1.21 bits per heavy atom. The number of hydrogen-bond acceptors (Lipinski definition) is 19. The van der Waals surface area contributed by atoms with Gasteiger partial charge >= 0.3 is 0 Å². The van der Waals surface area contributed by atoms with E-state index in [1.54, 1.807) is 12.1 Å². The van der Waals surface area contributed by atoms with Gasteiger partial charge in [-0.1, -0.05) is 0 Å². The first-order valence-electron chi connectivity index (χ1n) is 16.6. The molecule has 0 amide bonds. The van der Waals surface area contributed by atoms with Crippen LogP contribution in [0.3, 0.4) is 0 Å². The van der Waals surface area contributed by atoms with E-state index in [1.165, 1.54) is 43.5 Å². The molecule has 0 bridgehead atoms. The van der Waals surface area contributed by atoms with Crippen molar-refractivity contribution in [2.24, 2.45) is 20.4 Å². The first-order valence-corrected chi connectivity index (χ1v) is 20.9. The predicted octanol–water partition coefficient (Wildman–Crippen LogP) is 3.81. The third-order valence-electron chi connectivity index (χ3n) is 8.29. The molecule has 0 atom stereocenters. The molecular weight excluding hydrogens is 869 g/mol. The van der Waals surface area contributed by atoms with Crippen LogP contribution in [0.5, 0.6) is 11.5 Å². The number of aromatic hydroxyl groups is 1. The second-order valence-electron chi connectivity index (χ2n) is 12.3. The van der Waals surface area contributed by atoms with Crippen LogP contribution in [0.1, 0.15) is 0 Å². The van der Waals surface area contributed by atoms with Crippen molar-refractivity contribution in [3.63, 3.8) is 0 Å². The lowest BCUT2D eigenvalue weighted by atomic mass is 10.1. The van der Waals surface area contributed by atoms with Crippen LogP contribution >= 0.6 is 0 Å². The summed E-state index contributed by atoms with van der Waals surface area (Å²) in [5, 5.41) is 38.4. The molecule has 6 aromatic rings. The van der Waals surface area contributed by atoms with Gasteiger partial charge in [0.25, 0.3) is 36.0 Å². The molecule has 0 saturated carbocycles. The van der Waals surface area contributed by atoms with E-state index in [0.29, 0.717) is 23.6 Å².